The van der Waals surface area contributed by atoms with Gasteiger partial charge < -0.3 is 8.98 Å². The predicted molar refractivity (Wildman–Crippen MR) is 231 cm³/mol. The van der Waals surface area contributed by atoms with Crippen molar-refractivity contribution in [1.29, 1.82) is 0 Å². The van der Waals surface area contributed by atoms with Crippen LogP contribution >= 0.6 is 0 Å². The Morgan fingerprint density at radius 3 is 1.64 bits per heavy atom. The summed E-state index contributed by atoms with van der Waals surface area (Å²) in [4.78, 5) is 10.6. The van der Waals surface area contributed by atoms with E-state index in [0.717, 1.165) is 88.6 Å². The zero-order chi connectivity index (χ0) is 37.0. The molecule has 4 nitrogen and oxygen atoms in total. The minimum Gasteiger partial charge on any atom is -0.454 e. The molecule has 0 saturated carbocycles. The smallest absolute Gasteiger partial charge is 0.160 e. The largest absolute Gasteiger partial charge is 0.454 e. The predicted octanol–water partition coefficient (Wildman–Crippen LogP) is 13.8. The summed E-state index contributed by atoms with van der Waals surface area (Å²) in [5.74, 6) is 0.678. The van der Waals surface area contributed by atoms with Crippen LogP contribution in [0.3, 0.4) is 0 Å². The summed E-state index contributed by atoms with van der Waals surface area (Å²) in [6, 6.07) is 70.1. The number of furan rings is 1. The van der Waals surface area contributed by atoms with Gasteiger partial charge in [0.15, 0.2) is 11.4 Å². The first-order valence-corrected chi connectivity index (χ1v) is 18.9. The Morgan fingerprint density at radius 1 is 0.375 bits per heavy atom. The number of para-hydroxylation sites is 3. The molecule has 0 spiro atoms. The number of rotatable bonds is 6. The summed E-state index contributed by atoms with van der Waals surface area (Å²) in [5, 5.41) is 4.49. The van der Waals surface area contributed by atoms with Gasteiger partial charge in [0.05, 0.1) is 28.1 Å². The summed E-state index contributed by atoms with van der Waals surface area (Å²) in [5.41, 5.74) is 14.4. The van der Waals surface area contributed by atoms with E-state index in [9.17, 15) is 0 Å². The van der Waals surface area contributed by atoms with E-state index in [4.69, 9.17) is 14.4 Å². The Bertz CT molecular complexity index is 3110. The van der Waals surface area contributed by atoms with Gasteiger partial charge in [-0.15, -0.1) is 0 Å². The highest BCUT2D eigenvalue weighted by Gasteiger charge is 2.21. The zero-order valence-corrected chi connectivity index (χ0v) is 30.3. The molecule has 0 bridgehead atoms. The van der Waals surface area contributed by atoms with Crippen molar-refractivity contribution < 1.29 is 4.42 Å². The minimum atomic E-state index is 0.678. The van der Waals surface area contributed by atoms with Crippen molar-refractivity contribution in [3.63, 3.8) is 0 Å². The number of hydrogen-bond acceptors (Lipinski definition) is 3. The number of hydrogen-bond donors (Lipinski definition) is 0. The number of nitrogens with zero attached hydrogens (tertiary/aromatic N) is 3. The van der Waals surface area contributed by atoms with Gasteiger partial charge in [-0.1, -0.05) is 170 Å². The van der Waals surface area contributed by atoms with Crippen molar-refractivity contribution in [2.24, 2.45) is 0 Å². The molecular formula is C52H33N3O. The Kier molecular flexibility index (Phi) is 7.46. The molecule has 0 aliphatic carbocycles. The third-order valence-corrected chi connectivity index (χ3v) is 10.9. The molecule has 0 aliphatic rings. The molecule has 0 N–H and O–H groups in total. The monoisotopic (exact) mass is 715 g/mol. The van der Waals surface area contributed by atoms with Crippen molar-refractivity contribution in [2.75, 3.05) is 0 Å². The molecule has 0 amide bonds. The van der Waals surface area contributed by atoms with Crippen LogP contribution in [-0.2, 0) is 0 Å². The van der Waals surface area contributed by atoms with Crippen molar-refractivity contribution >= 4 is 43.7 Å². The van der Waals surface area contributed by atoms with Crippen LogP contribution in [0.4, 0.5) is 0 Å². The van der Waals surface area contributed by atoms with Crippen LogP contribution in [0.1, 0.15) is 0 Å². The molecule has 0 radical (unpaired) electrons. The van der Waals surface area contributed by atoms with E-state index in [1.807, 2.05) is 24.3 Å². The average Bonchev–Trinajstić information content (AvgIpc) is 3.83. The minimum absolute atomic E-state index is 0.678. The second-order valence-corrected chi connectivity index (χ2v) is 14.2. The summed E-state index contributed by atoms with van der Waals surface area (Å²) in [7, 11) is 0. The molecule has 11 rings (SSSR count). The topological polar surface area (TPSA) is 43.9 Å². The van der Waals surface area contributed by atoms with Gasteiger partial charge in [-0.25, -0.2) is 9.97 Å². The van der Waals surface area contributed by atoms with Gasteiger partial charge in [0.2, 0.25) is 0 Å². The normalized spacial score (nSPS) is 11.6. The Morgan fingerprint density at radius 2 is 0.911 bits per heavy atom. The highest BCUT2D eigenvalue weighted by molar-refractivity contribution is 6.17. The van der Waals surface area contributed by atoms with E-state index in [1.165, 1.54) is 11.1 Å². The Hall–Kier alpha value is -7.56. The molecule has 262 valence electrons. The molecule has 8 aromatic carbocycles. The number of aromatic nitrogens is 3. The van der Waals surface area contributed by atoms with E-state index in [0.29, 0.717) is 5.82 Å². The SMILES string of the molecule is c1ccc(-c2ccc(-c3cc(-c4cccc5c4c4ccccc4n5-c4cccc5c4oc4ccccc45)nc(-c4ccc(-c5ccccc5)cc4)n3)cc2)cc1. The molecule has 3 heterocycles. The van der Waals surface area contributed by atoms with Gasteiger partial charge in [-0.2, -0.15) is 0 Å². The Labute approximate surface area is 323 Å². The average molecular weight is 716 g/mol. The van der Waals surface area contributed by atoms with E-state index in [1.54, 1.807) is 0 Å². The van der Waals surface area contributed by atoms with Crippen LogP contribution in [-0.4, -0.2) is 14.5 Å². The van der Waals surface area contributed by atoms with Gasteiger partial charge in [-0.3, -0.25) is 0 Å². The lowest BCUT2D eigenvalue weighted by molar-refractivity contribution is 0.666. The fraction of sp³-hybridized carbons (Fsp3) is 0. The first kappa shape index (κ1) is 31.9. The maximum atomic E-state index is 6.58. The quantitative estimate of drug-likeness (QED) is 0.172. The molecule has 0 atom stereocenters. The highest BCUT2D eigenvalue weighted by atomic mass is 16.3. The van der Waals surface area contributed by atoms with E-state index in [-0.39, 0.29) is 0 Å². The lowest BCUT2D eigenvalue weighted by atomic mass is 9.99. The van der Waals surface area contributed by atoms with Crippen LogP contribution in [0.25, 0.3) is 106 Å². The lowest BCUT2D eigenvalue weighted by Gasteiger charge is -2.12. The van der Waals surface area contributed by atoms with E-state index >= 15 is 0 Å². The first-order valence-electron chi connectivity index (χ1n) is 18.9. The van der Waals surface area contributed by atoms with Crippen molar-refractivity contribution in [3.05, 3.63) is 200 Å². The fourth-order valence-corrected chi connectivity index (χ4v) is 8.17. The standard InChI is InChI=1S/C52H33N3O/c1-3-13-34(14-4-1)36-25-29-38(30-26-36)44-33-45(54-52(53-44)39-31-27-37(28-32-39)35-15-5-2-6-16-35)42-20-12-22-47-50(42)43-18-7-9-21-46(43)55(47)48-23-11-19-41-40-17-8-10-24-49(40)56-51(41)48/h1-33H. The molecule has 3 aromatic heterocycles. The lowest BCUT2D eigenvalue weighted by Crippen LogP contribution is -1.97. The van der Waals surface area contributed by atoms with Gasteiger partial charge in [0, 0.05) is 38.2 Å². The van der Waals surface area contributed by atoms with Gasteiger partial charge in [-0.05, 0) is 52.6 Å². The van der Waals surface area contributed by atoms with E-state index < -0.39 is 0 Å². The fourth-order valence-electron chi connectivity index (χ4n) is 8.17. The van der Waals surface area contributed by atoms with E-state index in [2.05, 4.69) is 180 Å². The molecule has 0 fully saturated rings. The van der Waals surface area contributed by atoms with Crippen molar-refractivity contribution in [3.8, 4) is 61.8 Å². The van der Waals surface area contributed by atoms with Gasteiger partial charge in [0.1, 0.15) is 5.58 Å². The summed E-state index contributed by atoms with van der Waals surface area (Å²) in [6.45, 7) is 0. The van der Waals surface area contributed by atoms with Crippen LogP contribution < -0.4 is 0 Å². The highest BCUT2D eigenvalue weighted by Crippen LogP contribution is 2.42. The first-order chi connectivity index (χ1) is 27.8. The molecule has 0 unspecified atom stereocenters. The maximum absolute atomic E-state index is 6.58. The number of benzene rings is 8. The molecule has 0 aliphatic heterocycles. The second kappa shape index (κ2) is 13.1. The number of fused-ring (bicyclic) bond motifs is 6. The molecule has 4 heteroatoms. The molecule has 11 aromatic rings. The van der Waals surface area contributed by atoms with Crippen LogP contribution in [0.5, 0.6) is 0 Å². The van der Waals surface area contributed by atoms with Crippen molar-refractivity contribution in [2.45, 2.75) is 0 Å². The molecular weight excluding hydrogens is 683 g/mol. The summed E-state index contributed by atoms with van der Waals surface area (Å²) >= 11 is 0. The third-order valence-electron chi connectivity index (χ3n) is 10.9. The van der Waals surface area contributed by atoms with Crippen LogP contribution in [0.15, 0.2) is 205 Å². The van der Waals surface area contributed by atoms with Crippen molar-refractivity contribution in [1.82, 2.24) is 14.5 Å². The maximum Gasteiger partial charge on any atom is 0.160 e. The summed E-state index contributed by atoms with van der Waals surface area (Å²) < 4.78 is 8.92. The second-order valence-electron chi connectivity index (χ2n) is 14.2. The van der Waals surface area contributed by atoms with Gasteiger partial charge >= 0.3 is 0 Å². The van der Waals surface area contributed by atoms with Gasteiger partial charge in [0.25, 0.3) is 0 Å². The zero-order valence-electron chi connectivity index (χ0n) is 30.3. The van der Waals surface area contributed by atoms with Crippen LogP contribution in [0.2, 0.25) is 0 Å². The Balaban J connectivity index is 1.12. The molecule has 56 heavy (non-hydrogen) atoms. The van der Waals surface area contributed by atoms with Crippen LogP contribution in [0, 0.1) is 0 Å². The third kappa shape index (κ3) is 5.31. The summed E-state index contributed by atoms with van der Waals surface area (Å²) in [6.07, 6.45) is 0. The molecule has 0 saturated heterocycles.